The summed E-state index contributed by atoms with van der Waals surface area (Å²) in [5, 5.41) is 14.8. The minimum Gasteiger partial charge on any atom is -0.380 e. The summed E-state index contributed by atoms with van der Waals surface area (Å²) in [5.41, 5.74) is 0.565. The van der Waals surface area contributed by atoms with Gasteiger partial charge in [0.1, 0.15) is 0 Å². The number of nitro benzene ring substituents is 1. The summed E-state index contributed by atoms with van der Waals surface area (Å²) in [6, 6.07) is 4.62. The molecule has 1 unspecified atom stereocenters. The van der Waals surface area contributed by atoms with Crippen molar-refractivity contribution in [1.29, 1.82) is 0 Å². The molecule has 0 bridgehead atoms. The van der Waals surface area contributed by atoms with Crippen LogP contribution in [0.5, 0.6) is 0 Å². The maximum absolute atomic E-state index is 11.0. The standard InChI is InChI=1S/C13H17ClN2O3/c1-13(5-2-6-19-9-13)15-8-10-7-11(14)3-4-12(10)16(17)18/h3-4,7,15H,2,5-6,8-9H2,1H3. The van der Waals surface area contributed by atoms with Gasteiger partial charge in [-0.05, 0) is 31.9 Å². The number of hydrogen-bond donors (Lipinski definition) is 1. The zero-order chi connectivity index (χ0) is 13.9. The lowest BCUT2D eigenvalue weighted by Crippen LogP contribution is -2.48. The first-order valence-electron chi connectivity index (χ1n) is 6.26. The molecule has 0 amide bonds. The summed E-state index contributed by atoms with van der Waals surface area (Å²) in [7, 11) is 0. The van der Waals surface area contributed by atoms with Gasteiger partial charge in [-0.25, -0.2) is 0 Å². The van der Waals surface area contributed by atoms with E-state index in [1.807, 2.05) is 0 Å². The summed E-state index contributed by atoms with van der Waals surface area (Å²) in [6.45, 7) is 3.90. The smallest absolute Gasteiger partial charge is 0.273 e. The summed E-state index contributed by atoms with van der Waals surface area (Å²) >= 11 is 5.90. The molecule has 5 nitrogen and oxygen atoms in total. The maximum atomic E-state index is 11.0. The van der Waals surface area contributed by atoms with E-state index in [4.69, 9.17) is 16.3 Å². The number of benzene rings is 1. The number of nitrogens with zero attached hydrogens (tertiary/aromatic N) is 1. The lowest BCUT2D eigenvalue weighted by molar-refractivity contribution is -0.385. The fourth-order valence-corrected chi connectivity index (χ4v) is 2.45. The molecule has 0 radical (unpaired) electrons. The van der Waals surface area contributed by atoms with Gasteiger partial charge in [0.15, 0.2) is 0 Å². The molecule has 1 fully saturated rings. The van der Waals surface area contributed by atoms with Crippen molar-refractivity contribution in [2.75, 3.05) is 13.2 Å². The molecular formula is C13H17ClN2O3. The summed E-state index contributed by atoms with van der Waals surface area (Å²) in [4.78, 5) is 10.6. The Balaban J connectivity index is 2.10. The molecule has 1 saturated heterocycles. The van der Waals surface area contributed by atoms with Gasteiger partial charge in [0.05, 0.1) is 11.5 Å². The Labute approximate surface area is 117 Å². The highest BCUT2D eigenvalue weighted by Gasteiger charge is 2.27. The molecule has 6 heteroatoms. The Morgan fingerprint density at radius 2 is 2.37 bits per heavy atom. The topological polar surface area (TPSA) is 64.4 Å². The van der Waals surface area contributed by atoms with E-state index in [0.717, 1.165) is 19.4 Å². The molecule has 0 spiro atoms. The highest BCUT2D eigenvalue weighted by Crippen LogP contribution is 2.24. The van der Waals surface area contributed by atoms with Gasteiger partial charge in [0, 0.05) is 35.3 Å². The number of nitro groups is 1. The number of rotatable bonds is 4. The Kier molecular flexibility index (Phi) is 4.39. The molecule has 19 heavy (non-hydrogen) atoms. The Bertz CT molecular complexity index is 473. The highest BCUT2D eigenvalue weighted by atomic mass is 35.5. The van der Waals surface area contributed by atoms with E-state index in [1.54, 1.807) is 6.07 Å². The summed E-state index contributed by atoms with van der Waals surface area (Å²) in [6.07, 6.45) is 2.00. The normalized spacial score (nSPS) is 23.3. The van der Waals surface area contributed by atoms with Gasteiger partial charge < -0.3 is 10.1 Å². The lowest BCUT2D eigenvalue weighted by Gasteiger charge is -2.34. The summed E-state index contributed by atoms with van der Waals surface area (Å²) < 4.78 is 5.45. The van der Waals surface area contributed by atoms with Crippen LogP contribution in [0.3, 0.4) is 0 Å². The maximum Gasteiger partial charge on any atom is 0.273 e. The van der Waals surface area contributed by atoms with Crippen LogP contribution in [0.15, 0.2) is 18.2 Å². The first-order chi connectivity index (χ1) is 9.00. The average molecular weight is 285 g/mol. The zero-order valence-corrected chi connectivity index (χ0v) is 11.6. The van der Waals surface area contributed by atoms with Crippen LogP contribution in [-0.2, 0) is 11.3 Å². The Morgan fingerprint density at radius 1 is 1.58 bits per heavy atom. The zero-order valence-electron chi connectivity index (χ0n) is 10.8. The minimum atomic E-state index is -0.382. The van der Waals surface area contributed by atoms with Crippen LogP contribution in [0.2, 0.25) is 5.02 Å². The molecule has 0 aromatic heterocycles. The highest BCUT2D eigenvalue weighted by molar-refractivity contribution is 6.30. The number of hydrogen-bond acceptors (Lipinski definition) is 4. The van der Waals surface area contributed by atoms with Crippen LogP contribution in [0.4, 0.5) is 5.69 Å². The average Bonchev–Trinajstić information content (AvgIpc) is 2.37. The predicted molar refractivity (Wildman–Crippen MR) is 73.4 cm³/mol. The molecular weight excluding hydrogens is 268 g/mol. The molecule has 1 heterocycles. The van der Waals surface area contributed by atoms with E-state index in [2.05, 4.69) is 12.2 Å². The Hall–Kier alpha value is -1.17. The van der Waals surface area contributed by atoms with Crippen LogP contribution in [0.1, 0.15) is 25.3 Å². The van der Waals surface area contributed by atoms with Crippen molar-refractivity contribution in [3.05, 3.63) is 38.9 Å². The first-order valence-corrected chi connectivity index (χ1v) is 6.64. The van der Waals surface area contributed by atoms with Crippen LogP contribution >= 0.6 is 11.6 Å². The molecule has 1 atom stereocenters. The molecule has 1 aliphatic heterocycles. The van der Waals surface area contributed by atoms with Crippen molar-refractivity contribution in [2.45, 2.75) is 31.8 Å². The van der Waals surface area contributed by atoms with Gasteiger partial charge in [0.25, 0.3) is 5.69 Å². The van der Waals surface area contributed by atoms with E-state index < -0.39 is 0 Å². The molecule has 104 valence electrons. The van der Waals surface area contributed by atoms with Crippen LogP contribution in [0.25, 0.3) is 0 Å². The van der Waals surface area contributed by atoms with Crippen molar-refractivity contribution < 1.29 is 9.66 Å². The van der Waals surface area contributed by atoms with Crippen molar-refractivity contribution >= 4 is 17.3 Å². The van der Waals surface area contributed by atoms with E-state index in [1.165, 1.54) is 12.1 Å². The third-order valence-electron chi connectivity index (χ3n) is 3.38. The second-order valence-corrected chi connectivity index (χ2v) is 5.54. The molecule has 0 saturated carbocycles. The van der Waals surface area contributed by atoms with E-state index in [9.17, 15) is 10.1 Å². The van der Waals surface area contributed by atoms with Crippen molar-refractivity contribution in [2.24, 2.45) is 0 Å². The van der Waals surface area contributed by atoms with Gasteiger partial charge in [-0.3, -0.25) is 10.1 Å². The van der Waals surface area contributed by atoms with Crippen molar-refractivity contribution in [3.63, 3.8) is 0 Å². The lowest BCUT2D eigenvalue weighted by atomic mass is 9.94. The van der Waals surface area contributed by atoms with Crippen LogP contribution in [-0.4, -0.2) is 23.7 Å². The largest absolute Gasteiger partial charge is 0.380 e. The quantitative estimate of drug-likeness (QED) is 0.682. The molecule has 2 rings (SSSR count). The van der Waals surface area contributed by atoms with Crippen LogP contribution in [0, 0.1) is 10.1 Å². The summed E-state index contributed by atoms with van der Waals surface area (Å²) in [5.74, 6) is 0. The Morgan fingerprint density at radius 3 is 3.00 bits per heavy atom. The third kappa shape index (κ3) is 3.65. The molecule has 1 aromatic carbocycles. The predicted octanol–water partition coefficient (Wildman–Crippen LogP) is 2.91. The van der Waals surface area contributed by atoms with Gasteiger partial charge >= 0.3 is 0 Å². The molecule has 0 aliphatic carbocycles. The number of ether oxygens (including phenoxy) is 1. The minimum absolute atomic E-state index is 0.0947. The third-order valence-corrected chi connectivity index (χ3v) is 3.62. The fraction of sp³-hybridized carbons (Fsp3) is 0.538. The van der Waals surface area contributed by atoms with E-state index in [-0.39, 0.29) is 16.1 Å². The number of halogens is 1. The van der Waals surface area contributed by atoms with Crippen molar-refractivity contribution in [3.8, 4) is 0 Å². The van der Waals surface area contributed by atoms with Gasteiger partial charge in [-0.15, -0.1) is 0 Å². The van der Waals surface area contributed by atoms with Crippen molar-refractivity contribution in [1.82, 2.24) is 5.32 Å². The number of nitrogens with one attached hydrogen (secondary N) is 1. The fourth-order valence-electron chi connectivity index (χ4n) is 2.26. The molecule has 1 N–H and O–H groups in total. The van der Waals surface area contributed by atoms with Gasteiger partial charge in [0.2, 0.25) is 0 Å². The van der Waals surface area contributed by atoms with Gasteiger partial charge in [-0.2, -0.15) is 0 Å². The SMILES string of the molecule is CC1(NCc2cc(Cl)ccc2[N+](=O)[O-])CCCOC1. The first kappa shape index (κ1) is 14.2. The van der Waals surface area contributed by atoms with E-state index in [0.29, 0.717) is 23.7 Å². The van der Waals surface area contributed by atoms with Gasteiger partial charge in [-0.1, -0.05) is 11.6 Å². The second kappa shape index (κ2) is 5.86. The van der Waals surface area contributed by atoms with Crippen LogP contribution < -0.4 is 5.32 Å². The monoisotopic (exact) mass is 284 g/mol. The molecule has 1 aromatic rings. The second-order valence-electron chi connectivity index (χ2n) is 5.10. The molecule has 1 aliphatic rings. The van der Waals surface area contributed by atoms with E-state index >= 15 is 0 Å².